The minimum Gasteiger partial charge on any atom is -0.481 e. The van der Waals surface area contributed by atoms with Crippen molar-refractivity contribution in [3.05, 3.63) is 42.2 Å². The summed E-state index contributed by atoms with van der Waals surface area (Å²) in [6.07, 6.45) is 8.51. The third-order valence-electron chi connectivity index (χ3n) is 5.62. The van der Waals surface area contributed by atoms with Gasteiger partial charge in [0.15, 0.2) is 0 Å². The number of carboxylic acids is 2. The summed E-state index contributed by atoms with van der Waals surface area (Å²) >= 11 is 0. The average Bonchev–Trinajstić information content (AvgIpc) is 3.35. The average molecular weight is 460 g/mol. The lowest BCUT2D eigenvalue weighted by Crippen LogP contribution is -2.41. The molecule has 0 saturated carbocycles. The molecule has 2 aliphatic rings. The molecule has 182 valence electrons. The molecule has 2 aromatic rings. The monoisotopic (exact) mass is 459 g/mol. The lowest BCUT2D eigenvalue weighted by molar-refractivity contribution is -0.135. The van der Waals surface area contributed by atoms with Crippen LogP contribution in [-0.4, -0.2) is 57.0 Å². The van der Waals surface area contributed by atoms with Crippen LogP contribution in [0.1, 0.15) is 58.6 Å². The smallest absolute Gasteiger partial charge is 0.300 e. The first kappa shape index (κ1) is 26.5. The Balaban J connectivity index is 0.000000420. The first-order valence-electron chi connectivity index (χ1n) is 11.5. The maximum Gasteiger partial charge on any atom is 0.300 e. The molecule has 1 aromatic carbocycles. The number of piperidine rings is 1. The van der Waals surface area contributed by atoms with Gasteiger partial charge in [-0.2, -0.15) is 0 Å². The van der Waals surface area contributed by atoms with Crippen LogP contribution in [0.15, 0.2) is 36.7 Å². The van der Waals surface area contributed by atoms with Crippen molar-refractivity contribution in [2.75, 3.05) is 19.7 Å². The Bertz CT molecular complexity index is 866. The number of carbonyl (C=O) groups is 2. The Kier molecular flexibility index (Phi) is 10.1. The van der Waals surface area contributed by atoms with E-state index in [2.05, 4.69) is 59.2 Å². The van der Waals surface area contributed by atoms with Gasteiger partial charge in [-0.25, -0.2) is 4.98 Å². The summed E-state index contributed by atoms with van der Waals surface area (Å²) in [5, 5.41) is 18.3. The van der Waals surface area contributed by atoms with Crippen LogP contribution in [-0.2, 0) is 20.7 Å². The molecule has 1 spiro atoms. The van der Waals surface area contributed by atoms with Crippen LogP contribution in [0.25, 0.3) is 11.4 Å². The third kappa shape index (κ3) is 8.63. The van der Waals surface area contributed by atoms with Crippen molar-refractivity contribution in [3.63, 3.8) is 0 Å². The minimum absolute atomic E-state index is 0.0819. The van der Waals surface area contributed by atoms with E-state index < -0.39 is 11.9 Å². The molecule has 1 aromatic heterocycles. The number of aromatic nitrogens is 2. The maximum atomic E-state index is 9.00. The fourth-order valence-corrected chi connectivity index (χ4v) is 4.32. The Morgan fingerprint density at radius 3 is 2.27 bits per heavy atom. The van der Waals surface area contributed by atoms with Crippen molar-refractivity contribution in [1.82, 2.24) is 14.9 Å². The van der Waals surface area contributed by atoms with Gasteiger partial charge < -0.3 is 24.8 Å². The van der Waals surface area contributed by atoms with Crippen molar-refractivity contribution in [3.8, 4) is 11.4 Å². The molecule has 3 N–H and O–H groups in total. The summed E-state index contributed by atoms with van der Waals surface area (Å²) in [5.74, 6) is 0.0836. The number of hydrogen-bond donors (Lipinski definition) is 3. The van der Waals surface area contributed by atoms with E-state index in [0.717, 1.165) is 65.1 Å². The molecule has 2 saturated heterocycles. The fourth-order valence-electron chi connectivity index (χ4n) is 4.32. The van der Waals surface area contributed by atoms with Gasteiger partial charge in [0.2, 0.25) is 0 Å². The molecule has 1 unspecified atom stereocenters. The van der Waals surface area contributed by atoms with E-state index in [0.29, 0.717) is 12.0 Å². The first-order chi connectivity index (χ1) is 15.6. The van der Waals surface area contributed by atoms with Gasteiger partial charge in [0.1, 0.15) is 5.82 Å². The second-order valence-electron chi connectivity index (χ2n) is 9.09. The molecule has 8 nitrogen and oxygen atoms in total. The van der Waals surface area contributed by atoms with Crippen LogP contribution in [0.3, 0.4) is 0 Å². The molecular formula is C25H37N3O5. The third-order valence-corrected chi connectivity index (χ3v) is 5.62. The van der Waals surface area contributed by atoms with Gasteiger partial charge in [-0.15, -0.1) is 0 Å². The quantitative estimate of drug-likeness (QED) is 0.633. The van der Waals surface area contributed by atoms with E-state index in [9.17, 15) is 0 Å². The normalized spacial score (nSPS) is 18.8. The number of benzene rings is 1. The number of nitrogens with zero attached hydrogens (tertiary/aromatic N) is 2. The lowest BCUT2D eigenvalue weighted by Gasteiger charge is -2.33. The summed E-state index contributed by atoms with van der Waals surface area (Å²) in [6, 6.07) is 9.31. The predicted molar refractivity (Wildman–Crippen MR) is 127 cm³/mol. The van der Waals surface area contributed by atoms with Crippen molar-refractivity contribution < 1.29 is 24.5 Å². The van der Waals surface area contributed by atoms with Gasteiger partial charge in [0.05, 0.1) is 18.2 Å². The summed E-state index contributed by atoms with van der Waals surface area (Å²) < 4.78 is 8.61. The van der Waals surface area contributed by atoms with Gasteiger partial charge in [0, 0.05) is 31.8 Å². The number of hydrogen-bond acceptors (Lipinski definition) is 5. The molecule has 0 bridgehead atoms. The standard InChI is InChI=1S/C21H29N3O.2C2H4O2/c1-16(2)13-17-3-5-18(6-4-17)20-23-11-12-24(20)19-14-21(25-15-19)7-9-22-10-8-21;2*1-2(3)4/h3-6,11-12,16,19,22H,7-10,13-15H2,1-2H3;2*1H3,(H,3,4). The number of imidazole rings is 1. The maximum absolute atomic E-state index is 9.00. The molecular weight excluding hydrogens is 422 g/mol. The Morgan fingerprint density at radius 1 is 1.15 bits per heavy atom. The zero-order chi connectivity index (χ0) is 24.4. The fraction of sp³-hybridized carbons (Fsp3) is 0.560. The number of rotatable bonds is 4. The van der Waals surface area contributed by atoms with E-state index >= 15 is 0 Å². The number of nitrogens with one attached hydrogen (secondary N) is 1. The highest BCUT2D eigenvalue weighted by Crippen LogP contribution is 2.40. The Hall–Kier alpha value is -2.71. The van der Waals surface area contributed by atoms with Crippen LogP contribution in [0.5, 0.6) is 0 Å². The molecule has 3 heterocycles. The molecule has 4 rings (SSSR count). The zero-order valence-corrected chi connectivity index (χ0v) is 20.1. The van der Waals surface area contributed by atoms with Gasteiger partial charge in [-0.05, 0) is 50.3 Å². The predicted octanol–water partition coefficient (Wildman–Crippen LogP) is 4.01. The van der Waals surface area contributed by atoms with Gasteiger partial charge in [-0.3, -0.25) is 9.59 Å². The summed E-state index contributed by atoms with van der Waals surface area (Å²) in [4.78, 5) is 22.7. The molecule has 2 aliphatic heterocycles. The minimum atomic E-state index is -0.833. The Labute approximate surface area is 196 Å². The number of aliphatic carboxylic acids is 2. The van der Waals surface area contributed by atoms with E-state index in [1.807, 2.05) is 6.20 Å². The number of ether oxygens (including phenoxy) is 1. The van der Waals surface area contributed by atoms with E-state index in [1.165, 1.54) is 11.1 Å². The first-order valence-corrected chi connectivity index (χ1v) is 11.5. The molecule has 8 heteroatoms. The van der Waals surface area contributed by atoms with Crippen molar-refractivity contribution in [2.45, 2.75) is 65.0 Å². The highest BCUT2D eigenvalue weighted by molar-refractivity contribution is 5.63. The highest BCUT2D eigenvalue weighted by Gasteiger charge is 2.42. The molecule has 33 heavy (non-hydrogen) atoms. The molecule has 1 atom stereocenters. The SMILES string of the molecule is CC(=O)O.CC(=O)O.CC(C)Cc1ccc(-c2nccn2C2COC3(CCNCC3)C2)cc1. The van der Waals surface area contributed by atoms with Crippen molar-refractivity contribution >= 4 is 11.9 Å². The highest BCUT2D eigenvalue weighted by atomic mass is 16.5. The second kappa shape index (κ2) is 12.5. The second-order valence-corrected chi connectivity index (χ2v) is 9.09. The molecule has 0 radical (unpaired) electrons. The van der Waals surface area contributed by atoms with Crippen LogP contribution in [0.4, 0.5) is 0 Å². The van der Waals surface area contributed by atoms with Gasteiger partial charge in [0.25, 0.3) is 11.9 Å². The Morgan fingerprint density at radius 2 is 1.73 bits per heavy atom. The largest absolute Gasteiger partial charge is 0.481 e. The number of carboxylic acid groups (broad SMARTS) is 2. The van der Waals surface area contributed by atoms with Crippen molar-refractivity contribution in [2.24, 2.45) is 5.92 Å². The topological polar surface area (TPSA) is 114 Å². The lowest BCUT2D eigenvalue weighted by atomic mass is 9.88. The van der Waals surface area contributed by atoms with E-state index in [-0.39, 0.29) is 5.60 Å². The summed E-state index contributed by atoms with van der Waals surface area (Å²) in [5.41, 5.74) is 2.68. The van der Waals surface area contributed by atoms with Gasteiger partial charge >= 0.3 is 0 Å². The van der Waals surface area contributed by atoms with Crippen LogP contribution in [0.2, 0.25) is 0 Å². The molecule has 0 amide bonds. The zero-order valence-electron chi connectivity index (χ0n) is 20.1. The van der Waals surface area contributed by atoms with Crippen molar-refractivity contribution in [1.29, 1.82) is 0 Å². The van der Waals surface area contributed by atoms with Crippen LogP contribution in [0, 0.1) is 5.92 Å². The summed E-state index contributed by atoms with van der Waals surface area (Å²) in [7, 11) is 0. The molecule has 0 aliphatic carbocycles. The van der Waals surface area contributed by atoms with E-state index in [1.54, 1.807) is 0 Å². The molecule has 2 fully saturated rings. The van der Waals surface area contributed by atoms with Crippen LogP contribution >= 0.6 is 0 Å². The van der Waals surface area contributed by atoms with E-state index in [4.69, 9.17) is 24.5 Å². The summed E-state index contributed by atoms with van der Waals surface area (Å²) in [6.45, 7) is 9.63. The van der Waals surface area contributed by atoms with Gasteiger partial charge in [-0.1, -0.05) is 38.1 Å². The van der Waals surface area contributed by atoms with Crippen LogP contribution < -0.4 is 5.32 Å².